The van der Waals surface area contributed by atoms with Gasteiger partial charge in [-0.05, 0) is 0 Å². The molecule has 0 aromatic carbocycles. The van der Waals surface area contributed by atoms with Crippen LogP contribution in [0.3, 0.4) is 0 Å². The van der Waals surface area contributed by atoms with Gasteiger partial charge in [0.2, 0.25) is 0 Å². The molecule has 3 nitrogen and oxygen atoms in total. The van der Waals surface area contributed by atoms with Gasteiger partial charge in [-0.1, -0.05) is 0 Å². The van der Waals surface area contributed by atoms with Crippen LogP contribution in [0.15, 0.2) is 0 Å². The predicted molar refractivity (Wildman–Crippen MR) is 32.8 cm³/mol. The second-order valence-corrected chi connectivity index (χ2v) is 0.714. The first-order valence-corrected chi connectivity index (χ1v) is 1.70. The van der Waals surface area contributed by atoms with Gasteiger partial charge in [-0.25, -0.2) is 8.42 Å². The van der Waals surface area contributed by atoms with Crippen molar-refractivity contribution in [2.75, 3.05) is 0 Å². The number of hydrogen-bond acceptors (Lipinski definition) is 2. The van der Waals surface area contributed by atoms with E-state index in [1.54, 1.807) is 0 Å². The van der Waals surface area contributed by atoms with E-state index in [1.807, 2.05) is 0 Å². The summed E-state index contributed by atoms with van der Waals surface area (Å²) in [7, 11) is -3.12. The summed E-state index contributed by atoms with van der Waals surface area (Å²) >= 11 is 0. The van der Waals surface area contributed by atoms with Crippen LogP contribution in [0.5, 0.6) is 0 Å². The van der Waals surface area contributed by atoms with Gasteiger partial charge in [-0.2, -0.15) is 0 Å². The van der Waals surface area contributed by atoms with E-state index in [9.17, 15) is 0 Å². The molecule has 0 amide bonds. The van der Waals surface area contributed by atoms with Crippen molar-refractivity contribution < 1.29 is 30.0 Å². The first-order chi connectivity index (χ1) is 1.73. The second-order valence-electron chi connectivity index (χ2n) is 0.238. The van der Waals surface area contributed by atoms with Crippen LogP contribution in [-0.2, 0) is 28.1 Å². The monoisotopic (exact) mass is 335 g/mol. The van der Waals surface area contributed by atoms with Crippen LogP contribution in [0.25, 0.3) is 0 Å². The van der Waals surface area contributed by atoms with E-state index in [0.717, 1.165) is 0 Å². The van der Waals surface area contributed by atoms with Crippen molar-refractivity contribution in [2.45, 2.75) is 0 Å². The van der Waals surface area contributed by atoms with Crippen LogP contribution >= 0.6 is 0 Å². The van der Waals surface area contributed by atoms with E-state index in [2.05, 4.69) is 0 Å². The molecule has 0 bridgehead atoms. The molecule has 49 valence electrons. The van der Waals surface area contributed by atoms with Crippen LogP contribution in [0.4, 0.5) is 0 Å². The first-order valence-electron chi connectivity index (χ1n) is 0.565. The molecule has 0 aromatic heterocycles. The summed E-state index contributed by atoms with van der Waals surface area (Å²) in [6, 6.07) is 0. The summed E-state index contributed by atoms with van der Waals surface area (Å²) in [5, 5.41) is 0. The summed E-state index contributed by atoms with van der Waals surface area (Å²) in [6.07, 6.45) is 0. The molecule has 0 atom stereocenters. The fourth-order valence-corrected chi connectivity index (χ4v) is 0. The topological polar surface area (TPSA) is 54.4 Å². The molecule has 0 fully saturated rings. The van der Waals surface area contributed by atoms with Gasteiger partial charge >= 0.3 is 45.6 Å². The Morgan fingerprint density at radius 3 is 1.29 bits per heavy atom. The minimum absolute atomic E-state index is 0. The molecule has 0 unspecified atom stereocenters. The fraction of sp³-hybridized carbons (Fsp3) is 0. The Bertz CT molecular complexity index is 63.3. The van der Waals surface area contributed by atoms with Crippen LogP contribution < -0.4 is 0 Å². The van der Waals surface area contributed by atoms with Gasteiger partial charge in [-0.3, -0.25) is 4.55 Å². The Balaban J connectivity index is -0.0000000150. The third-order valence-electron chi connectivity index (χ3n) is 0. The molecule has 1 radical (unpaired) electrons. The molecule has 0 saturated heterocycles. The number of rotatable bonds is 0. The van der Waals surface area contributed by atoms with E-state index in [4.69, 9.17) is 13.0 Å². The molecule has 0 saturated carbocycles. The van der Waals surface area contributed by atoms with Crippen LogP contribution in [0.1, 0.15) is 0 Å². The normalized spacial score (nSPS) is 4.86. The van der Waals surface area contributed by atoms with Crippen molar-refractivity contribution in [3.05, 3.63) is 0 Å². The maximum atomic E-state index is 8.59. The van der Waals surface area contributed by atoms with Gasteiger partial charge in [0.15, 0.2) is 0 Å². The molecule has 0 aliphatic heterocycles. The average Bonchev–Trinajstić information content (AvgIpc) is 0.811. The zero-order valence-corrected chi connectivity index (χ0v) is 3.85. The molecule has 0 aliphatic rings. The Kier molecular flexibility index (Phi) is 51.7. The molecule has 0 heterocycles. The predicted octanol–water partition coefficient (Wildman–Crippen LogP) is -3.30. The molecule has 7 heavy (non-hydrogen) atoms. The first kappa shape index (κ1) is 23.1. The molecule has 7 heteroatoms. The summed E-state index contributed by atoms with van der Waals surface area (Å²) < 4.78 is 24.2. The Labute approximate surface area is 85.7 Å². The van der Waals surface area contributed by atoms with Gasteiger partial charge in [0, 0.05) is 17.1 Å². The third-order valence-corrected chi connectivity index (χ3v) is 0. The number of hydrogen-bond donors (Lipinski definition) is 2. The van der Waals surface area contributed by atoms with E-state index in [-0.39, 0.29) is 62.7 Å². The minimum atomic E-state index is -3.12. The van der Waals surface area contributed by atoms with Crippen molar-refractivity contribution in [3.63, 3.8) is 0 Å². The van der Waals surface area contributed by atoms with Crippen molar-refractivity contribution in [2.24, 2.45) is 0 Å². The fourth-order valence-electron chi connectivity index (χ4n) is 0. The molecule has 0 aliphatic carbocycles. The van der Waals surface area contributed by atoms with Gasteiger partial charge in [0.1, 0.15) is 0 Å². The molecule has 1 N–H and O–H groups in total. The summed E-state index contributed by atoms with van der Waals surface area (Å²) in [4.78, 5) is 0. The standard InChI is InChI=1S/Cu.Ga.In.H2O3S.6H/c;;;1-4(2)3;;;;;;/h;;;4H,(H,1,2,3);;;;;;. The van der Waals surface area contributed by atoms with E-state index >= 15 is 0 Å². The van der Waals surface area contributed by atoms with E-state index < -0.39 is 11.0 Å². The van der Waals surface area contributed by atoms with Crippen molar-refractivity contribution in [1.82, 2.24) is 0 Å². The van der Waals surface area contributed by atoms with E-state index in [0.29, 0.717) is 0 Å². The molecule has 0 aromatic rings. The average molecular weight is 336 g/mol. The van der Waals surface area contributed by atoms with Gasteiger partial charge < -0.3 is 0 Å². The third kappa shape index (κ3) is 74.6. The second kappa shape index (κ2) is 15.7. The zero-order valence-electron chi connectivity index (χ0n) is 2.01. The maximum absolute atomic E-state index is 8.59. The van der Waals surface area contributed by atoms with Gasteiger partial charge in [-0.15, -0.1) is 0 Å². The SMILES string of the molecule is O=[SH](=O)O.[Cu].[GaH3].[InH3]. The van der Waals surface area contributed by atoms with Crippen molar-refractivity contribution in [1.29, 1.82) is 0 Å². The quantitative estimate of drug-likeness (QED) is 0.277. The Morgan fingerprint density at radius 1 is 1.29 bits per heavy atom. The molecule has 0 spiro atoms. The number of thiol groups is 1. The van der Waals surface area contributed by atoms with Gasteiger partial charge in [0.25, 0.3) is 11.0 Å². The molecular formula is H8CuGaInO3S. The van der Waals surface area contributed by atoms with Gasteiger partial charge in [0.05, 0.1) is 0 Å². The van der Waals surface area contributed by atoms with Crippen LogP contribution in [-0.4, -0.2) is 58.6 Å². The van der Waals surface area contributed by atoms with E-state index in [1.165, 1.54) is 0 Å². The van der Waals surface area contributed by atoms with Crippen molar-refractivity contribution in [3.8, 4) is 0 Å². The zero-order chi connectivity index (χ0) is 3.58. The molecule has 0 rings (SSSR count). The van der Waals surface area contributed by atoms with Crippen LogP contribution in [0, 0.1) is 0 Å². The summed E-state index contributed by atoms with van der Waals surface area (Å²) in [5.41, 5.74) is 0. The summed E-state index contributed by atoms with van der Waals surface area (Å²) in [5.74, 6) is 0. The van der Waals surface area contributed by atoms with Crippen molar-refractivity contribution >= 4 is 56.6 Å². The summed E-state index contributed by atoms with van der Waals surface area (Å²) in [6.45, 7) is 0. The Morgan fingerprint density at radius 2 is 1.29 bits per heavy atom. The van der Waals surface area contributed by atoms with Crippen LogP contribution in [0.2, 0.25) is 0 Å². The molecular weight excluding hydrogens is 328 g/mol. The Hall–Kier alpha value is 1.94.